The molecule has 3 heteroatoms. The minimum atomic E-state index is 0.304. The van der Waals surface area contributed by atoms with Crippen molar-refractivity contribution in [3.05, 3.63) is 18.5 Å². The molecule has 0 aliphatic heterocycles. The Morgan fingerprint density at radius 1 is 1.33 bits per heavy atom. The van der Waals surface area contributed by atoms with Crippen LogP contribution in [0.3, 0.4) is 0 Å². The Balaban J connectivity index is 2.11. The van der Waals surface area contributed by atoms with Gasteiger partial charge in [-0.25, -0.2) is 0 Å². The zero-order chi connectivity index (χ0) is 8.39. The summed E-state index contributed by atoms with van der Waals surface area (Å²) in [5.41, 5.74) is 6.01. The van der Waals surface area contributed by atoms with E-state index in [0.717, 1.165) is 6.42 Å². The van der Waals surface area contributed by atoms with Crippen molar-refractivity contribution in [2.24, 2.45) is 5.73 Å². The van der Waals surface area contributed by atoms with Gasteiger partial charge in [0.05, 0.1) is 6.04 Å². The van der Waals surface area contributed by atoms with Crippen LogP contribution in [-0.4, -0.2) is 15.8 Å². The van der Waals surface area contributed by atoms with E-state index in [2.05, 4.69) is 5.10 Å². The van der Waals surface area contributed by atoms with E-state index in [-0.39, 0.29) is 0 Å². The monoisotopic (exact) mass is 165 g/mol. The maximum Gasteiger partial charge on any atom is 0.0670 e. The number of hydrogen-bond donors (Lipinski definition) is 1. The summed E-state index contributed by atoms with van der Waals surface area (Å²) >= 11 is 0. The Hall–Kier alpha value is -0.830. The van der Waals surface area contributed by atoms with Crippen molar-refractivity contribution in [3.8, 4) is 0 Å². The number of nitrogens with zero attached hydrogens (tertiary/aromatic N) is 2. The molecular weight excluding hydrogens is 150 g/mol. The standard InChI is InChI=1S/C9H15N3/c10-8-4-1-2-5-9(8)12-7-3-6-11-12/h3,6-9H,1-2,4-5,10H2/t8-,9-/m1/s1. The molecule has 0 bridgehead atoms. The third kappa shape index (κ3) is 1.37. The molecule has 0 radical (unpaired) electrons. The molecule has 1 aromatic rings. The van der Waals surface area contributed by atoms with Gasteiger partial charge in [0.25, 0.3) is 0 Å². The second-order valence-electron chi connectivity index (χ2n) is 3.50. The first-order chi connectivity index (χ1) is 5.88. The highest BCUT2D eigenvalue weighted by molar-refractivity contribution is 4.87. The van der Waals surface area contributed by atoms with Crippen LogP contribution in [0, 0.1) is 0 Å². The average Bonchev–Trinajstić information content (AvgIpc) is 2.57. The van der Waals surface area contributed by atoms with Gasteiger partial charge in [-0.2, -0.15) is 5.10 Å². The van der Waals surface area contributed by atoms with Crippen LogP contribution >= 0.6 is 0 Å². The molecule has 3 nitrogen and oxygen atoms in total. The Morgan fingerprint density at radius 3 is 2.83 bits per heavy atom. The third-order valence-corrected chi connectivity index (χ3v) is 2.65. The summed E-state index contributed by atoms with van der Waals surface area (Å²) < 4.78 is 2.00. The molecule has 1 aliphatic rings. The molecule has 0 aromatic carbocycles. The van der Waals surface area contributed by atoms with E-state index in [9.17, 15) is 0 Å². The van der Waals surface area contributed by atoms with Crippen molar-refractivity contribution in [1.29, 1.82) is 0 Å². The van der Waals surface area contributed by atoms with Crippen molar-refractivity contribution in [2.75, 3.05) is 0 Å². The molecule has 12 heavy (non-hydrogen) atoms. The molecular formula is C9H15N3. The molecule has 2 rings (SSSR count). The zero-order valence-corrected chi connectivity index (χ0v) is 7.19. The van der Waals surface area contributed by atoms with Crippen LogP contribution in [-0.2, 0) is 0 Å². The molecule has 1 aliphatic carbocycles. The van der Waals surface area contributed by atoms with Crippen LogP contribution in [0.15, 0.2) is 18.5 Å². The molecule has 66 valence electrons. The van der Waals surface area contributed by atoms with Gasteiger partial charge in [0.1, 0.15) is 0 Å². The normalized spacial score (nSPS) is 30.4. The minimum Gasteiger partial charge on any atom is -0.326 e. The first-order valence-corrected chi connectivity index (χ1v) is 4.62. The van der Waals surface area contributed by atoms with Crippen LogP contribution in [0.1, 0.15) is 31.7 Å². The van der Waals surface area contributed by atoms with Gasteiger partial charge < -0.3 is 5.73 Å². The van der Waals surface area contributed by atoms with Crippen LogP contribution in [0.4, 0.5) is 0 Å². The molecule has 0 unspecified atom stereocenters. The molecule has 1 fully saturated rings. The first kappa shape index (κ1) is 7.80. The Morgan fingerprint density at radius 2 is 2.17 bits per heavy atom. The lowest BCUT2D eigenvalue weighted by molar-refractivity contribution is 0.286. The fourth-order valence-corrected chi connectivity index (χ4v) is 1.95. The van der Waals surface area contributed by atoms with Gasteiger partial charge >= 0.3 is 0 Å². The summed E-state index contributed by atoms with van der Waals surface area (Å²) in [7, 11) is 0. The summed E-state index contributed by atoms with van der Waals surface area (Å²) in [6.45, 7) is 0. The highest BCUT2D eigenvalue weighted by Gasteiger charge is 2.22. The van der Waals surface area contributed by atoms with Gasteiger partial charge in [-0.3, -0.25) is 4.68 Å². The van der Waals surface area contributed by atoms with Gasteiger partial charge in [0.2, 0.25) is 0 Å². The van der Waals surface area contributed by atoms with Crippen molar-refractivity contribution < 1.29 is 0 Å². The van der Waals surface area contributed by atoms with Gasteiger partial charge in [-0.15, -0.1) is 0 Å². The second-order valence-corrected chi connectivity index (χ2v) is 3.50. The number of aromatic nitrogens is 2. The third-order valence-electron chi connectivity index (χ3n) is 2.65. The summed E-state index contributed by atoms with van der Waals surface area (Å²) in [4.78, 5) is 0. The highest BCUT2D eigenvalue weighted by atomic mass is 15.3. The number of hydrogen-bond acceptors (Lipinski definition) is 2. The summed E-state index contributed by atoms with van der Waals surface area (Å²) in [5, 5.41) is 4.23. The summed E-state index contributed by atoms with van der Waals surface area (Å²) in [6.07, 6.45) is 8.72. The maximum absolute atomic E-state index is 6.01. The smallest absolute Gasteiger partial charge is 0.0670 e. The zero-order valence-electron chi connectivity index (χ0n) is 7.19. The van der Waals surface area contributed by atoms with E-state index in [0.29, 0.717) is 12.1 Å². The van der Waals surface area contributed by atoms with Crippen molar-refractivity contribution >= 4 is 0 Å². The lowest BCUT2D eigenvalue weighted by Gasteiger charge is -2.28. The Bertz CT molecular complexity index is 230. The topological polar surface area (TPSA) is 43.8 Å². The Labute approximate surface area is 72.6 Å². The van der Waals surface area contributed by atoms with E-state index in [1.165, 1.54) is 19.3 Å². The fraction of sp³-hybridized carbons (Fsp3) is 0.667. The molecule has 2 atom stereocenters. The van der Waals surface area contributed by atoms with E-state index in [1.54, 1.807) is 0 Å². The summed E-state index contributed by atoms with van der Waals surface area (Å²) in [5.74, 6) is 0. The molecule has 1 saturated carbocycles. The second kappa shape index (κ2) is 3.27. The number of nitrogens with two attached hydrogens (primary N) is 1. The van der Waals surface area contributed by atoms with Crippen molar-refractivity contribution in [3.63, 3.8) is 0 Å². The van der Waals surface area contributed by atoms with Crippen LogP contribution in [0.2, 0.25) is 0 Å². The van der Waals surface area contributed by atoms with Crippen molar-refractivity contribution in [2.45, 2.75) is 37.8 Å². The molecule has 0 saturated heterocycles. The SMILES string of the molecule is N[C@@H]1CCCC[C@H]1n1cccn1. The van der Waals surface area contributed by atoms with Crippen LogP contribution in [0.5, 0.6) is 0 Å². The van der Waals surface area contributed by atoms with E-state index in [1.807, 2.05) is 23.1 Å². The predicted molar refractivity (Wildman–Crippen MR) is 47.7 cm³/mol. The van der Waals surface area contributed by atoms with Crippen molar-refractivity contribution in [1.82, 2.24) is 9.78 Å². The van der Waals surface area contributed by atoms with Gasteiger partial charge in [-0.1, -0.05) is 12.8 Å². The fourth-order valence-electron chi connectivity index (χ4n) is 1.95. The lowest BCUT2D eigenvalue weighted by atomic mass is 9.91. The van der Waals surface area contributed by atoms with Gasteiger partial charge in [0, 0.05) is 18.4 Å². The summed E-state index contributed by atoms with van der Waals surface area (Å²) in [6, 6.07) is 2.70. The van der Waals surface area contributed by atoms with Crippen LogP contribution < -0.4 is 5.73 Å². The molecule has 1 heterocycles. The molecule has 0 spiro atoms. The first-order valence-electron chi connectivity index (χ1n) is 4.62. The molecule has 1 aromatic heterocycles. The largest absolute Gasteiger partial charge is 0.326 e. The number of rotatable bonds is 1. The van der Waals surface area contributed by atoms with E-state index >= 15 is 0 Å². The van der Waals surface area contributed by atoms with Gasteiger partial charge in [-0.05, 0) is 18.9 Å². The highest BCUT2D eigenvalue weighted by Crippen LogP contribution is 2.26. The van der Waals surface area contributed by atoms with Gasteiger partial charge in [0.15, 0.2) is 0 Å². The minimum absolute atomic E-state index is 0.304. The average molecular weight is 165 g/mol. The molecule has 2 N–H and O–H groups in total. The van der Waals surface area contributed by atoms with E-state index in [4.69, 9.17) is 5.73 Å². The predicted octanol–water partition coefficient (Wildman–Crippen LogP) is 1.33. The maximum atomic E-state index is 6.01. The quantitative estimate of drug-likeness (QED) is 0.682. The van der Waals surface area contributed by atoms with E-state index < -0.39 is 0 Å². The molecule has 0 amide bonds. The van der Waals surface area contributed by atoms with Crippen LogP contribution in [0.25, 0.3) is 0 Å². The Kier molecular flexibility index (Phi) is 2.13. The lowest BCUT2D eigenvalue weighted by Crippen LogP contribution is -2.35.